The molecule has 2 rings (SSSR count). The molecule has 2 aromatic rings. The molecule has 0 fully saturated rings. The SMILES string of the molecule is N#CC(C#N)=Cc1ccc(NC(=O)c2ccc(Cl)cc2Cl)cc1. The Hall–Kier alpha value is -2.79. The van der Waals surface area contributed by atoms with Crippen LogP contribution in [0.4, 0.5) is 5.69 Å². The lowest BCUT2D eigenvalue weighted by atomic mass is 10.1. The van der Waals surface area contributed by atoms with Crippen LogP contribution in [0.15, 0.2) is 48.0 Å². The van der Waals surface area contributed by atoms with Gasteiger partial charge in [-0.15, -0.1) is 0 Å². The van der Waals surface area contributed by atoms with Crippen molar-refractivity contribution in [3.63, 3.8) is 0 Å². The van der Waals surface area contributed by atoms with Gasteiger partial charge in [0.05, 0.1) is 10.6 Å². The molecule has 0 radical (unpaired) electrons. The first-order valence-electron chi connectivity index (χ1n) is 6.42. The molecule has 4 nitrogen and oxygen atoms in total. The van der Waals surface area contributed by atoms with E-state index in [1.54, 1.807) is 48.5 Å². The average Bonchev–Trinajstić information content (AvgIpc) is 2.54. The van der Waals surface area contributed by atoms with Gasteiger partial charge < -0.3 is 5.32 Å². The molecular weight excluding hydrogens is 333 g/mol. The number of nitriles is 2. The summed E-state index contributed by atoms with van der Waals surface area (Å²) < 4.78 is 0. The summed E-state index contributed by atoms with van der Waals surface area (Å²) >= 11 is 11.8. The Morgan fingerprint density at radius 2 is 1.70 bits per heavy atom. The molecule has 0 bridgehead atoms. The zero-order chi connectivity index (χ0) is 16.8. The van der Waals surface area contributed by atoms with E-state index in [0.29, 0.717) is 21.8 Å². The van der Waals surface area contributed by atoms with Gasteiger partial charge >= 0.3 is 0 Å². The Kier molecular flexibility index (Phi) is 5.38. The molecule has 0 saturated heterocycles. The van der Waals surface area contributed by atoms with Gasteiger partial charge in [0.15, 0.2) is 0 Å². The minimum absolute atomic E-state index is 0.00901. The number of carbonyl (C=O) groups is 1. The lowest BCUT2D eigenvalue weighted by Gasteiger charge is -2.07. The second-order valence-corrected chi connectivity index (χ2v) is 5.33. The molecule has 1 amide bonds. The number of nitrogens with one attached hydrogen (secondary N) is 1. The molecule has 0 aliphatic rings. The van der Waals surface area contributed by atoms with Crippen molar-refractivity contribution in [2.45, 2.75) is 0 Å². The second kappa shape index (κ2) is 7.47. The Morgan fingerprint density at radius 3 is 2.26 bits per heavy atom. The van der Waals surface area contributed by atoms with E-state index in [-0.39, 0.29) is 16.5 Å². The van der Waals surface area contributed by atoms with Crippen molar-refractivity contribution in [1.29, 1.82) is 10.5 Å². The molecule has 112 valence electrons. The van der Waals surface area contributed by atoms with Crippen LogP contribution in [0.5, 0.6) is 0 Å². The van der Waals surface area contributed by atoms with E-state index >= 15 is 0 Å². The third kappa shape index (κ3) is 4.34. The van der Waals surface area contributed by atoms with Gasteiger partial charge in [-0.05, 0) is 42.0 Å². The highest BCUT2D eigenvalue weighted by Crippen LogP contribution is 2.22. The molecule has 6 heteroatoms. The first-order chi connectivity index (χ1) is 11.0. The Labute approximate surface area is 143 Å². The monoisotopic (exact) mass is 341 g/mol. The van der Waals surface area contributed by atoms with Crippen LogP contribution in [-0.4, -0.2) is 5.91 Å². The van der Waals surface area contributed by atoms with Crippen LogP contribution in [0.25, 0.3) is 6.08 Å². The first-order valence-corrected chi connectivity index (χ1v) is 7.17. The van der Waals surface area contributed by atoms with E-state index < -0.39 is 0 Å². The molecule has 0 spiro atoms. The molecule has 23 heavy (non-hydrogen) atoms. The third-order valence-electron chi connectivity index (χ3n) is 2.90. The summed E-state index contributed by atoms with van der Waals surface area (Å²) in [6.07, 6.45) is 1.46. The minimum atomic E-state index is -0.357. The smallest absolute Gasteiger partial charge is 0.257 e. The van der Waals surface area contributed by atoms with Crippen molar-refractivity contribution < 1.29 is 4.79 Å². The van der Waals surface area contributed by atoms with Gasteiger partial charge in [-0.3, -0.25) is 4.79 Å². The van der Waals surface area contributed by atoms with Crippen molar-refractivity contribution in [2.75, 3.05) is 5.32 Å². The molecule has 0 saturated carbocycles. The molecule has 0 atom stereocenters. The van der Waals surface area contributed by atoms with Crippen molar-refractivity contribution in [3.8, 4) is 12.1 Å². The van der Waals surface area contributed by atoms with Crippen LogP contribution in [0.1, 0.15) is 15.9 Å². The van der Waals surface area contributed by atoms with Gasteiger partial charge in [0.25, 0.3) is 5.91 Å². The first kappa shape index (κ1) is 16.6. The predicted molar refractivity (Wildman–Crippen MR) is 90.1 cm³/mol. The zero-order valence-corrected chi connectivity index (χ0v) is 13.2. The topological polar surface area (TPSA) is 76.7 Å². The lowest BCUT2D eigenvalue weighted by molar-refractivity contribution is 0.102. The fourth-order valence-electron chi connectivity index (χ4n) is 1.79. The number of carbonyl (C=O) groups excluding carboxylic acids is 1. The summed E-state index contributed by atoms with van der Waals surface area (Å²) in [5.74, 6) is -0.357. The molecule has 2 aromatic carbocycles. The second-order valence-electron chi connectivity index (χ2n) is 4.48. The molecule has 0 heterocycles. The van der Waals surface area contributed by atoms with Gasteiger partial charge in [-0.1, -0.05) is 35.3 Å². The highest BCUT2D eigenvalue weighted by molar-refractivity contribution is 6.37. The Bertz CT molecular complexity index is 843. The summed E-state index contributed by atoms with van der Waals surface area (Å²) in [7, 11) is 0. The molecule has 0 aromatic heterocycles. The van der Waals surface area contributed by atoms with Gasteiger partial charge in [0.1, 0.15) is 17.7 Å². The van der Waals surface area contributed by atoms with E-state index in [1.807, 2.05) is 0 Å². The number of nitrogens with zero attached hydrogens (tertiary/aromatic N) is 2. The van der Waals surface area contributed by atoms with Crippen molar-refractivity contribution in [3.05, 3.63) is 69.2 Å². The maximum absolute atomic E-state index is 12.2. The van der Waals surface area contributed by atoms with E-state index in [4.69, 9.17) is 33.7 Å². The normalized spacial score (nSPS) is 9.39. The number of hydrogen-bond acceptors (Lipinski definition) is 3. The number of benzene rings is 2. The fraction of sp³-hybridized carbons (Fsp3) is 0. The van der Waals surface area contributed by atoms with Gasteiger partial charge in [0, 0.05) is 10.7 Å². The number of rotatable bonds is 3. The highest BCUT2D eigenvalue weighted by atomic mass is 35.5. The van der Waals surface area contributed by atoms with Crippen molar-refractivity contribution in [2.24, 2.45) is 0 Å². The van der Waals surface area contributed by atoms with Crippen LogP contribution in [0.2, 0.25) is 10.0 Å². The summed E-state index contributed by atoms with van der Waals surface area (Å²) in [6.45, 7) is 0. The number of anilines is 1. The maximum Gasteiger partial charge on any atom is 0.257 e. The molecule has 0 aliphatic carbocycles. The van der Waals surface area contributed by atoms with Crippen LogP contribution < -0.4 is 5.32 Å². The summed E-state index contributed by atoms with van der Waals surface area (Å²) in [4.78, 5) is 12.2. The molecule has 0 unspecified atom stereocenters. The van der Waals surface area contributed by atoms with Crippen LogP contribution in [0, 0.1) is 22.7 Å². The average molecular weight is 342 g/mol. The van der Waals surface area contributed by atoms with Crippen LogP contribution in [-0.2, 0) is 0 Å². The summed E-state index contributed by atoms with van der Waals surface area (Å²) in [5.41, 5.74) is 1.57. The van der Waals surface area contributed by atoms with E-state index in [9.17, 15) is 4.79 Å². The van der Waals surface area contributed by atoms with Gasteiger partial charge in [-0.25, -0.2) is 0 Å². The maximum atomic E-state index is 12.2. The Balaban J connectivity index is 2.15. The third-order valence-corrected chi connectivity index (χ3v) is 3.44. The minimum Gasteiger partial charge on any atom is -0.322 e. The van der Waals surface area contributed by atoms with Crippen LogP contribution in [0.3, 0.4) is 0 Å². The van der Waals surface area contributed by atoms with Crippen molar-refractivity contribution in [1.82, 2.24) is 0 Å². The number of halogens is 2. The van der Waals surface area contributed by atoms with Gasteiger partial charge in [-0.2, -0.15) is 10.5 Å². The quantitative estimate of drug-likeness (QED) is 0.823. The standard InChI is InChI=1S/C17H9Cl2N3O/c18-13-3-6-15(16(19)8-13)17(23)22-14-4-1-11(2-5-14)7-12(9-20)10-21/h1-8H,(H,22,23). The number of allylic oxidation sites excluding steroid dienone is 1. The number of amides is 1. The largest absolute Gasteiger partial charge is 0.322 e. The van der Waals surface area contributed by atoms with E-state index in [0.717, 1.165) is 0 Å². The predicted octanol–water partition coefficient (Wildman–Crippen LogP) is 4.68. The molecule has 1 N–H and O–H groups in total. The number of hydrogen-bond donors (Lipinski definition) is 1. The highest BCUT2D eigenvalue weighted by Gasteiger charge is 2.10. The van der Waals surface area contributed by atoms with Crippen molar-refractivity contribution >= 4 is 40.9 Å². The van der Waals surface area contributed by atoms with E-state index in [1.165, 1.54) is 12.1 Å². The summed E-state index contributed by atoms with van der Waals surface area (Å²) in [5, 5.41) is 20.9. The molecule has 0 aliphatic heterocycles. The summed E-state index contributed by atoms with van der Waals surface area (Å²) in [6, 6.07) is 14.9. The Morgan fingerprint density at radius 1 is 1.04 bits per heavy atom. The van der Waals surface area contributed by atoms with Crippen LogP contribution >= 0.6 is 23.2 Å². The molecular formula is C17H9Cl2N3O. The fourth-order valence-corrected chi connectivity index (χ4v) is 2.29. The lowest BCUT2D eigenvalue weighted by Crippen LogP contribution is -2.12. The van der Waals surface area contributed by atoms with Gasteiger partial charge in [0.2, 0.25) is 0 Å². The van der Waals surface area contributed by atoms with E-state index in [2.05, 4.69) is 5.32 Å². The zero-order valence-electron chi connectivity index (χ0n) is 11.7.